The van der Waals surface area contributed by atoms with Crippen LogP contribution in [-0.4, -0.2) is 25.5 Å². The molecular weight excluding hydrogens is 306 g/mol. The van der Waals surface area contributed by atoms with Crippen LogP contribution in [0.5, 0.6) is 0 Å². The normalized spacial score (nSPS) is 10.8. The van der Waals surface area contributed by atoms with Gasteiger partial charge >= 0.3 is 0 Å². The zero-order valence-corrected chi connectivity index (χ0v) is 12.6. The zero-order chi connectivity index (χ0) is 10.8. The second kappa shape index (κ2) is 6.01. The van der Waals surface area contributed by atoms with Gasteiger partial charge in [-0.15, -0.1) is 23.7 Å². The largest absolute Gasteiger partial charge is 0.309 e. The van der Waals surface area contributed by atoms with Crippen molar-refractivity contribution in [2.45, 2.75) is 6.42 Å². The maximum atomic E-state index is 3.53. The molecule has 2 rings (SSSR count). The lowest BCUT2D eigenvalue weighted by molar-refractivity contribution is 0.414. The summed E-state index contributed by atoms with van der Waals surface area (Å²) in [5, 5.41) is 3.68. The van der Waals surface area contributed by atoms with E-state index >= 15 is 0 Å². The van der Waals surface area contributed by atoms with Gasteiger partial charge in [-0.25, -0.2) is 0 Å². The van der Waals surface area contributed by atoms with Gasteiger partial charge < -0.3 is 4.90 Å². The Morgan fingerprint density at radius 2 is 2.06 bits per heavy atom. The van der Waals surface area contributed by atoms with Crippen LogP contribution in [0.25, 0.3) is 10.1 Å². The molecular formula is C12H15BrClNS. The van der Waals surface area contributed by atoms with Crippen LogP contribution in [0.1, 0.15) is 5.56 Å². The van der Waals surface area contributed by atoms with Gasteiger partial charge in [-0.05, 0) is 55.0 Å². The highest BCUT2D eigenvalue weighted by molar-refractivity contribution is 9.10. The summed E-state index contributed by atoms with van der Waals surface area (Å²) < 4.78 is 2.55. The van der Waals surface area contributed by atoms with E-state index in [1.54, 1.807) is 0 Å². The van der Waals surface area contributed by atoms with Gasteiger partial charge in [0.1, 0.15) is 0 Å². The zero-order valence-electron chi connectivity index (χ0n) is 9.37. The number of nitrogens with zero attached hydrogens (tertiary/aromatic N) is 1. The third-order valence-corrected chi connectivity index (χ3v) is 3.95. The number of hydrogen-bond donors (Lipinski definition) is 0. The fraction of sp³-hybridized carbons (Fsp3) is 0.333. The van der Waals surface area contributed by atoms with E-state index in [1.807, 2.05) is 11.3 Å². The predicted octanol–water partition coefficient (Wildman–Crippen LogP) is 4.19. The third-order valence-electron chi connectivity index (χ3n) is 2.44. The molecule has 4 heteroatoms. The highest BCUT2D eigenvalue weighted by Gasteiger charge is 2.04. The Balaban J connectivity index is 0.00000128. The minimum atomic E-state index is 0. The quantitative estimate of drug-likeness (QED) is 0.819. The molecule has 0 amide bonds. The Morgan fingerprint density at radius 3 is 2.75 bits per heavy atom. The maximum Gasteiger partial charge on any atom is 0.0346 e. The van der Waals surface area contributed by atoms with Crippen LogP contribution in [-0.2, 0) is 6.42 Å². The second-order valence-corrected chi connectivity index (χ2v) is 5.78. The van der Waals surface area contributed by atoms with Gasteiger partial charge in [0.15, 0.2) is 0 Å². The van der Waals surface area contributed by atoms with Gasteiger partial charge in [0.05, 0.1) is 0 Å². The molecule has 1 aromatic heterocycles. The van der Waals surface area contributed by atoms with Gasteiger partial charge in [-0.2, -0.15) is 0 Å². The first-order valence-electron chi connectivity index (χ1n) is 4.97. The molecule has 0 saturated heterocycles. The number of rotatable bonds is 3. The van der Waals surface area contributed by atoms with E-state index in [0.717, 1.165) is 13.0 Å². The van der Waals surface area contributed by atoms with Gasteiger partial charge in [-0.3, -0.25) is 0 Å². The summed E-state index contributed by atoms with van der Waals surface area (Å²) in [6.07, 6.45) is 1.13. The van der Waals surface area contributed by atoms with Crippen molar-refractivity contribution in [3.8, 4) is 0 Å². The van der Waals surface area contributed by atoms with Crippen molar-refractivity contribution >= 4 is 49.8 Å². The molecule has 0 bridgehead atoms. The van der Waals surface area contributed by atoms with E-state index < -0.39 is 0 Å². The third kappa shape index (κ3) is 3.20. The van der Waals surface area contributed by atoms with Crippen LogP contribution in [0, 0.1) is 0 Å². The smallest absolute Gasteiger partial charge is 0.0346 e. The molecule has 2 aromatic rings. The molecule has 0 saturated carbocycles. The number of hydrogen-bond acceptors (Lipinski definition) is 2. The number of halogens is 2. The molecule has 0 aliphatic carbocycles. The SMILES string of the molecule is CN(C)CCc1csc2ccc(Br)cc12.Cl. The Morgan fingerprint density at radius 1 is 1.31 bits per heavy atom. The number of fused-ring (bicyclic) bond motifs is 1. The molecule has 0 aliphatic rings. The standard InChI is InChI=1S/C12H14BrNS.ClH/c1-14(2)6-5-9-8-15-12-4-3-10(13)7-11(9)12;/h3-4,7-8H,5-6H2,1-2H3;1H. The van der Waals surface area contributed by atoms with Crippen molar-refractivity contribution in [3.05, 3.63) is 33.6 Å². The summed E-state index contributed by atoms with van der Waals surface area (Å²) in [6.45, 7) is 1.11. The molecule has 1 aromatic carbocycles. The maximum absolute atomic E-state index is 3.53. The van der Waals surface area contributed by atoms with E-state index in [1.165, 1.54) is 20.1 Å². The first kappa shape index (κ1) is 14.0. The number of thiophene rings is 1. The Hall–Kier alpha value is -0.0900. The molecule has 0 N–H and O–H groups in total. The summed E-state index contributed by atoms with van der Waals surface area (Å²) in [4.78, 5) is 2.22. The lowest BCUT2D eigenvalue weighted by Gasteiger charge is -2.08. The van der Waals surface area contributed by atoms with Crippen LogP contribution in [0.15, 0.2) is 28.1 Å². The average molecular weight is 321 g/mol. The molecule has 0 spiro atoms. The van der Waals surface area contributed by atoms with E-state index in [2.05, 4.69) is 58.5 Å². The van der Waals surface area contributed by atoms with Crippen molar-refractivity contribution in [1.29, 1.82) is 0 Å². The van der Waals surface area contributed by atoms with Crippen molar-refractivity contribution in [2.24, 2.45) is 0 Å². The molecule has 16 heavy (non-hydrogen) atoms. The highest BCUT2D eigenvalue weighted by Crippen LogP contribution is 2.29. The Bertz CT molecular complexity index is 467. The van der Waals surface area contributed by atoms with Crippen LogP contribution in [0.2, 0.25) is 0 Å². The summed E-state index contributed by atoms with van der Waals surface area (Å²) >= 11 is 5.36. The van der Waals surface area contributed by atoms with Crippen molar-refractivity contribution in [2.75, 3.05) is 20.6 Å². The molecule has 0 fully saturated rings. The number of benzene rings is 1. The summed E-state index contributed by atoms with van der Waals surface area (Å²) in [5.41, 5.74) is 1.46. The van der Waals surface area contributed by atoms with Crippen molar-refractivity contribution < 1.29 is 0 Å². The fourth-order valence-electron chi connectivity index (χ4n) is 1.59. The summed E-state index contributed by atoms with van der Waals surface area (Å²) in [6, 6.07) is 6.51. The molecule has 0 atom stereocenters. The second-order valence-electron chi connectivity index (χ2n) is 3.95. The first-order chi connectivity index (χ1) is 7.16. The highest BCUT2D eigenvalue weighted by atomic mass is 79.9. The van der Waals surface area contributed by atoms with Gasteiger partial charge in [0, 0.05) is 15.7 Å². The lowest BCUT2D eigenvalue weighted by atomic mass is 10.1. The minimum absolute atomic E-state index is 0. The fourth-order valence-corrected chi connectivity index (χ4v) is 2.93. The van der Waals surface area contributed by atoms with Gasteiger partial charge in [-0.1, -0.05) is 15.9 Å². The molecule has 0 radical (unpaired) electrons. The van der Waals surface area contributed by atoms with Crippen LogP contribution < -0.4 is 0 Å². The minimum Gasteiger partial charge on any atom is -0.309 e. The molecule has 1 nitrogen and oxygen atoms in total. The molecule has 0 aliphatic heterocycles. The van der Waals surface area contributed by atoms with E-state index in [9.17, 15) is 0 Å². The number of likely N-dealkylation sites (N-methyl/N-ethyl adjacent to an activating group) is 1. The van der Waals surface area contributed by atoms with Crippen molar-refractivity contribution in [1.82, 2.24) is 4.90 Å². The molecule has 0 unspecified atom stereocenters. The summed E-state index contributed by atoms with van der Waals surface area (Å²) in [7, 11) is 4.23. The van der Waals surface area contributed by atoms with Gasteiger partial charge in [0.25, 0.3) is 0 Å². The van der Waals surface area contributed by atoms with Crippen LogP contribution >= 0.6 is 39.7 Å². The molecule has 88 valence electrons. The topological polar surface area (TPSA) is 3.24 Å². The Labute approximate surface area is 115 Å². The molecule has 1 heterocycles. The first-order valence-corrected chi connectivity index (χ1v) is 6.64. The Kier molecular flexibility index (Phi) is 5.25. The van der Waals surface area contributed by atoms with Gasteiger partial charge in [0.2, 0.25) is 0 Å². The predicted molar refractivity (Wildman–Crippen MR) is 79.0 cm³/mol. The van der Waals surface area contributed by atoms with Crippen LogP contribution in [0.3, 0.4) is 0 Å². The average Bonchev–Trinajstić information content (AvgIpc) is 2.57. The van der Waals surface area contributed by atoms with E-state index in [0.29, 0.717) is 0 Å². The van der Waals surface area contributed by atoms with Crippen LogP contribution in [0.4, 0.5) is 0 Å². The lowest BCUT2D eigenvalue weighted by Crippen LogP contribution is -2.14. The van der Waals surface area contributed by atoms with Crippen molar-refractivity contribution in [3.63, 3.8) is 0 Å². The summed E-state index contributed by atoms with van der Waals surface area (Å²) in [5.74, 6) is 0. The van der Waals surface area contributed by atoms with E-state index in [-0.39, 0.29) is 12.4 Å². The van der Waals surface area contributed by atoms with E-state index in [4.69, 9.17) is 0 Å². The monoisotopic (exact) mass is 319 g/mol.